The number of hydrogen-bond donors (Lipinski definition) is 0. The van der Waals surface area contributed by atoms with Crippen molar-refractivity contribution < 1.29 is 28.3 Å². The molecule has 0 spiro atoms. The number of hydrogen-bond acceptors (Lipinski definition) is 6. The van der Waals surface area contributed by atoms with Crippen LogP contribution in [0, 0.1) is 15.9 Å². The van der Waals surface area contributed by atoms with Gasteiger partial charge in [-0.2, -0.15) is 0 Å². The summed E-state index contributed by atoms with van der Waals surface area (Å²) in [5.74, 6) is -0.842. The molecule has 0 radical (unpaired) electrons. The van der Waals surface area contributed by atoms with Crippen LogP contribution in [0.25, 0.3) is 0 Å². The summed E-state index contributed by atoms with van der Waals surface area (Å²) in [6, 6.07) is 9.61. The van der Waals surface area contributed by atoms with Crippen molar-refractivity contribution >= 4 is 11.7 Å². The van der Waals surface area contributed by atoms with Crippen LogP contribution in [0.5, 0.6) is 11.5 Å². The van der Waals surface area contributed by atoms with Gasteiger partial charge in [0.1, 0.15) is 17.7 Å². The monoisotopic (exact) mass is 349 g/mol. The largest absolute Gasteiger partial charge is 0.490 e. The Morgan fingerprint density at radius 1 is 1.28 bits per heavy atom. The van der Waals surface area contributed by atoms with E-state index in [4.69, 9.17) is 14.2 Å². The number of esters is 1. The second-order valence-electron chi connectivity index (χ2n) is 5.07. The molecule has 0 aliphatic carbocycles. The van der Waals surface area contributed by atoms with Crippen LogP contribution in [0.1, 0.15) is 18.6 Å². The highest BCUT2D eigenvalue weighted by Crippen LogP contribution is 2.30. The predicted octanol–water partition coefficient (Wildman–Crippen LogP) is 3.43. The van der Waals surface area contributed by atoms with Crippen molar-refractivity contribution in [2.45, 2.75) is 13.0 Å². The highest BCUT2D eigenvalue weighted by Gasteiger charge is 2.17. The molecule has 0 aliphatic heterocycles. The number of nitro groups is 1. The van der Waals surface area contributed by atoms with Gasteiger partial charge in [0.2, 0.25) is 5.75 Å². The standard InChI is InChI=1S/C17H16FNO6/c1-11(12-4-3-5-13(18)8-12)25-17(20)10-24-14-6-7-15(19(21)22)16(9-14)23-2/h3-9,11H,10H2,1-2H3. The van der Waals surface area contributed by atoms with Gasteiger partial charge in [0.05, 0.1) is 12.0 Å². The number of nitrogens with zero attached hydrogens (tertiary/aromatic N) is 1. The van der Waals surface area contributed by atoms with E-state index in [1.165, 1.54) is 43.5 Å². The molecule has 25 heavy (non-hydrogen) atoms. The van der Waals surface area contributed by atoms with Crippen molar-refractivity contribution in [3.8, 4) is 11.5 Å². The van der Waals surface area contributed by atoms with Gasteiger partial charge in [-0.25, -0.2) is 9.18 Å². The molecule has 0 N–H and O–H groups in total. The summed E-state index contributed by atoms with van der Waals surface area (Å²) in [5.41, 5.74) is 0.308. The molecule has 1 unspecified atom stereocenters. The summed E-state index contributed by atoms with van der Waals surface area (Å²) >= 11 is 0. The Kier molecular flexibility index (Phi) is 5.89. The molecule has 0 heterocycles. The van der Waals surface area contributed by atoms with Crippen molar-refractivity contribution in [1.29, 1.82) is 0 Å². The molecule has 2 aromatic carbocycles. The lowest BCUT2D eigenvalue weighted by Crippen LogP contribution is -2.17. The fraction of sp³-hybridized carbons (Fsp3) is 0.235. The predicted molar refractivity (Wildman–Crippen MR) is 86.1 cm³/mol. The van der Waals surface area contributed by atoms with Crippen LogP contribution in [-0.2, 0) is 9.53 Å². The van der Waals surface area contributed by atoms with E-state index in [9.17, 15) is 19.3 Å². The van der Waals surface area contributed by atoms with Crippen LogP contribution in [-0.4, -0.2) is 24.6 Å². The molecule has 132 valence electrons. The summed E-state index contributed by atoms with van der Waals surface area (Å²) < 4.78 is 28.5. The highest BCUT2D eigenvalue weighted by atomic mass is 19.1. The molecule has 8 heteroatoms. The van der Waals surface area contributed by atoms with E-state index in [1.807, 2.05) is 0 Å². The molecule has 2 aromatic rings. The Labute approximate surface area is 143 Å². The zero-order valence-corrected chi connectivity index (χ0v) is 13.6. The van der Waals surface area contributed by atoms with E-state index in [0.717, 1.165) is 0 Å². The van der Waals surface area contributed by atoms with Crippen LogP contribution in [0.4, 0.5) is 10.1 Å². The molecule has 2 rings (SSSR count). The quantitative estimate of drug-likeness (QED) is 0.432. The highest BCUT2D eigenvalue weighted by molar-refractivity contribution is 5.71. The first-order chi connectivity index (χ1) is 11.9. The maximum atomic E-state index is 13.2. The lowest BCUT2D eigenvalue weighted by Gasteiger charge is -2.14. The van der Waals surface area contributed by atoms with Gasteiger partial charge in [-0.15, -0.1) is 0 Å². The number of nitro benzene ring substituents is 1. The molecule has 0 aliphatic rings. The Morgan fingerprint density at radius 3 is 2.68 bits per heavy atom. The summed E-state index contributed by atoms with van der Waals surface area (Å²) in [4.78, 5) is 22.1. The van der Waals surface area contributed by atoms with E-state index < -0.39 is 29.4 Å². The minimum Gasteiger partial charge on any atom is -0.490 e. The van der Waals surface area contributed by atoms with Crippen molar-refractivity contribution in [1.82, 2.24) is 0 Å². The van der Waals surface area contributed by atoms with Gasteiger partial charge in [-0.05, 0) is 30.7 Å². The zero-order chi connectivity index (χ0) is 18.4. The molecule has 1 atom stereocenters. The Balaban J connectivity index is 1.94. The van der Waals surface area contributed by atoms with Gasteiger partial charge < -0.3 is 14.2 Å². The number of benzene rings is 2. The minimum absolute atomic E-state index is 0.0176. The molecular weight excluding hydrogens is 333 g/mol. The van der Waals surface area contributed by atoms with E-state index in [1.54, 1.807) is 13.0 Å². The lowest BCUT2D eigenvalue weighted by atomic mass is 10.1. The summed E-state index contributed by atoms with van der Waals surface area (Å²) in [6.45, 7) is 1.21. The van der Waals surface area contributed by atoms with Gasteiger partial charge in [-0.3, -0.25) is 10.1 Å². The number of carbonyl (C=O) groups is 1. The Morgan fingerprint density at radius 2 is 2.04 bits per heavy atom. The third-order valence-corrected chi connectivity index (χ3v) is 3.33. The molecule has 0 fully saturated rings. The molecule has 7 nitrogen and oxygen atoms in total. The van der Waals surface area contributed by atoms with E-state index in [2.05, 4.69) is 0 Å². The number of rotatable bonds is 7. The fourth-order valence-electron chi connectivity index (χ4n) is 2.10. The van der Waals surface area contributed by atoms with Gasteiger partial charge in [0.15, 0.2) is 6.61 Å². The van der Waals surface area contributed by atoms with Crippen LogP contribution in [0.15, 0.2) is 42.5 Å². The second-order valence-corrected chi connectivity index (χ2v) is 5.07. The van der Waals surface area contributed by atoms with Crippen LogP contribution in [0.2, 0.25) is 0 Å². The van der Waals surface area contributed by atoms with Crippen LogP contribution >= 0.6 is 0 Å². The number of ether oxygens (including phenoxy) is 3. The van der Waals surface area contributed by atoms with Crippen molar-refractivity contribution in [2.75, 3.05) is 13.7 Å². The van der Waals surface area contributed by atoms with E-state index in [-0.39, 0.29) is 17.2 Å². The molecule has 0 saturated carbocycles. The Bertz CT molecular complexity index is 779. The Hall–Kier alpha value is -3.16. The van der Waals surface area contributed by atoms with Crippen molar-refractivity contribution in [3.63, 3.8) is 0 Å². The second kappa shape index (κ2) is 8.09. The number of halogens is 1. The first-order valence-corrected chi connectivity index (χ1v) is 7.31. The maximum Gasteiger partial charge on any atom is 0.344 e. The van der Waals surface area contributed by atoms with Crippen LogP contribution < -0.4 is 9.47 Å². The van der Waals surface area contributed by atoms with Crippen molar-refractivity contribution in [3.05, 3.63) is 64.0 Å². The number of carbonyl (C=O) groups excluding carboxylic acids is 1. The zero-order valence-electron chi connectivity index (χ0n) is 13.6. The van der Waals surface area contributed by atoms with Crippen LogP contribution in [0.3, 0.4) is 0 Å². The van der Waals surface area contributed by atoms with E-state index in [0.29, 0.717) is 5.56 Å². The normalized spacial score (nSPS) is 11.5. The number of methoxy groups -OCH3 is 1. The smallest absolute Gasteiger partial charge is 0.344 e. The van der Waals surface area contributed by atoms with Crippen molar-refractivity contribution in [2.24, 2.45) is 0 Å². The first-order valence-electron chi connectivity index (χ1n) is 7.31. The molecular formula is C17H16FNO6. The molecule has 0 saturated heterocycles. The van der Waals surface area contributed by atoms with E-state index >= 15 is 0 Å². The first kappa shape index (κ1) is 18.2. The SMILES string of the molecule is COc1cc(OCC(=O)OC(C)c2cccc(F)c2)ccc1[N+](=O)[O-]. The third-order valence-electron chi connectivity index (χ3n) is 3.33. The van der Waals surface area contributed by atoms with Gasteiger partial charge in [0, 0.05) is 12.1 Å². The lowest BCUT2D eigenvalue weighted by molar-refractivity contribution is -0.385. The molecule has 0 amide bonds. The average molecular weight is 349 g/mol. The van der Waals surface area contributed by atoms with Gasteiger partial charge in [0.25, 0.3) is 0 Å². The minimum atomic E-state index is -0.658. The topological polar surface area (TPSA) is 87.9 Å². The summed E-state index contributed by atoms with van der Waals surface area (Å²) in [7, 11) is 1.29. The summed E-state index contributed by atoms with van der Waals surface area (Å²) in [6.07, 6.45) is -0.641. The van der Waals surface area contributed by atoms with Gasteiger partial charge in [-0.1, -0.05) is 12.1 Å². The average Bonchev–Trinajstić information content (AvgIpc) is 2.59. The van der Waals surface area contributed by atoms with Gasteiger partial charge >= 0.3 is 11.7 Å². The molecule has 0 aromatic heterocycles. The third kappa shape index (κ3) is 4.90. The molecule has 0 bridgehead atoms. The fourth-order valence-corrected chi connectivity index (χ4v) is 2.10. The summed E-state index contributed by atoms with van der Waals surface area (Å²) in [5, 5.41) is 10.8. The maximum absolute atomic E-state index is 13.2.